The van der Waals surface area contributed by atoms with Gasteiger partial charge in [0, 0.05) is 43.8 Å². The maximum atomic E-state index is 13.0. The average molecular weight is 381 g/mol. The lowest BCUT2D eigenvalue weighted by atomic mass is 9.97. The lowest BCUT2D eigenvalue weighted by Gasteiger charge is -2.32. The number of fused-ring (bicyclic) bond motifs is 1. The van der Waals surface area contributed by atoms with E-state index in [1.54, 1.807) is 34.0 Å². The summed E-state index contributed by atoms with van der Waals surface area (Å²) in [5.74, 6) is -0.0849. The number of nitrogens with one attached hydrogen (secondary N) is 1. The van der Waals surface area contributed by atoms with E-state index in [4.69, 9.17) is 0 Å². The van der Waals surface area contributed by atoms with Gasteiger partial charge >= 0.3 is 0 Å². The predicted molar refractivity (Wildman–Crippen MR) is 100 cm³/mol. The number of benzene rings is 1. The van der Waals surface area contributed by atoms with E-state index in [2.05, 4.69) is 15.3 Å². The summed E-state index contributed by atoms with van der Waals surface area (Å²) in [5, 5.41) is 2.88. The van der Waals surface area contributed by atoms with E-state index in [1.807, 2.05) is 0 Å². The molecular weight excluding hydrogens is 361 g/mol. The molecule has 2 amide bonds. The highest BCUT2D eigenvalue weighted by Gasteiger charge is 2.26. The van der Waals surface area contributed by atoms with Gasteiger partial charge in [0.05, 0.1) is 0 Å². The third-order valence-electron chi connectivity index (χ3n) is 4.92. The van der Waals surface area contributed by atoms with Crippen molar-refractivity contribution >= 4 is 17.6 Å². The summed E-state index contributed by atoms with van der Waals surface area (Å²) in [7, 11) is 0. The summed E-state index contributed by atoms with van der Waals surface area (Å²) in [6, 6.07) is 7.22. The van der Waals surface area contributed by atoms with Gasteiger partial charge in [-0.15, -0.1) is 0 Å². The molecule has 28 heavy (non-hydrogen) atoms. The molecule has 3 aromatic rings. The zero-order chi connectivity index (χ0) is 19.5. The zero-order valence-corrected chi connectivity index (χ0v) is 15.2. The van der Waals surface area contributed by atoms with Gasteiger partial charge in [0.25, 0.3) is 11.8 Å². The van der Waals surface area contributed by atoms with Gasteiger partial charge in [0.2, 0.25) is 5.78 Å². The van der Waals surface area contributed by atoms with Gasteiger partial charge in [-0.1, -0.05) is 0 Å². The van der Waals surface area contributed by atoms with E-state index in [-0.39, 0.29) is 23.5 Å². The second-order valence-corrected chi connectivity index (χ2v) is 6.93. The molecule has 1 N–H and O–H groups in total. The van der Waals surface area contributed by atoms with Crippen LogP contribution in [0.25, 0.3) is 5.78 Å². The summed E-state index contributed by atoms with van der Waals surface area (Å²) >= 11 is 0. The van der Waals surface area contributed by atoms with Crippen molar-refractivity contribution in [2.24, 2.45) is 5.92 Å². The predicted octanol–water partition coefficient (Wildman–Crippen LogP) is 2.15. The number of imidazole rings is 1. The zero-order valence-electron chi connectivity index (χ0n) is 15.2. The third kappa shape index (κ3) is 3.85. The molecule has 0 bridgehead atoms. The van der Waals surface area contributed by atoms with Crippen LogP contribution in [0.15, 0.2) is 48.9 Å². The molecule has 144 valence electrons. The van der Waals surface area contributed by atoms with Crippen LogP contribution in [0.2, 0.25) is 0 Å². The first-order valence-electron chi connectivity index (χ1n) is 9.23. The van der Waals surface area contributed by atoms with Gasteiger partial charge in [0.1, 0.15) is 11.5 Å². The number of aromatic nitrogens is 3. The number of hydrogen-bond donors (Lipinski definition) is 1. The molecule has 0 spiro atoms. The molecule has 1 saturated heterocycles. The van der Waals surface area contributed by atoms with E-state index < -0.39 is 0 Å². The Morgan fingerprint density at radius 2 is 2.07 bits per heavy atom. The van der Waals surface area contributed by atoms with Gasteiger partial charge < -0.3 is 10.2 Å². The van der Waals surface area contributed by atoms with Crippen molar-refractivity contribution in [3.05, 3.63) is 66.0 Å². The minimum atomic E-state index is -0.375. The fraction of sp³-hybridized carbons (Fsp3) is 0.300. The first-order valence-corrected chi connectivity index (χ1v) is 9.23. The van der Waals surface area contributed by atoms with Crippen LogP contribution in [0.1, 0.15) is 33.7 Å². The molecule has 0 aliphatic carbocycles. The van der Waals surface area contributed by atoms with Crippen LogP contribution in [0.3, 0.4) is 0 Å². The van der Waals surface area contributed by atoms with Gasteiger partial charge in [-0.05, 0) is 49.1 Å². The quantitative estimate of drug-likeness (QED) is 0.751. The first kappa shape index (κ1) is 18.1. The van der Waals surface area contributed by atoms with Crippen molar-refractivity contribution in [3.8, 4) is 0 Å². The molecule has 2 aromatic heterocycles. The number of likely N-dealkylation sites (tertiary alicyclic amines) is 1. The summed E-state index contributed by atoms with van der Waals surface area (Å²) < 4.78 is 14.7. The number of halogens is 1. The molecule has 0 saturated carbocycles. The van der Waals surface area contributed by atoms with Gasteiger partial charge in [-0.2, -0.15) is 0 Å². The Morgan fingerprint density at radius 3 is 2.86 bits per heavy atom. The summed E-state index contributed by atoms with van der Waals surface area (Å²) in [6.07, 6.45) is 6.92. The van der Waals surface area contributed by atoms with E-state index in [9.17, 15) is 14.0 Å². The average Bonchev–Trinajstić information content (AvgIpc) is 3.16. The lowest BCUT2D eigenvalue weighted by molar-refractivity contribution is 0.0665. The van der Waals surface area contributed by atoms with E-state index >= 15 is 0 Å². The molecule has 0 radical (unpaired) electrons. The van der Waals surface area contributed by atoms with Crippen molar-refractivity contribution in [1.29, 1.82) is 0 Å². The van der Waals surface area contributed by atoms with Crippen LogP contribution >= 0.6 is 0 Å². The highest BCUT2D eigenvalue weighted by Crippen LogP contribution is 2.18. The van der Waals surface area contributed by atoms with Gasteiger partial charge in [-0.25, -0.2) is 14.4 Å². The van der Waals surface area contributed by atoms with Crippen LogP contribution in [0.5, 0.6) is 0 Å². The second-order valence-electron chi connectivity index (χ2n) is 6.93. The van der Waals surface area contributed by atoms with Crippen LogP contribution in [0, 0.1) is 11.7 Å². The molecule has 3 heterocycles. The van der Waals surface area contributed by atoms with Crippen molar-refractivity contribution in [2.75, 3.05) is 19.6 Å². The number of carbonyl (C=O) groups excluding carboxylic acids is 2. The molecule has 1 aliphatic rings. The van der Waals surface area contributed by atoms with Crippen LogP contribution in [-0.4, -0.2) is 50.7 Å². The standard InChI is InChI=1S/C20H20FN5O2/c21-16-6-4-15(5-7-16)18(27)23-11-14-3-1-9-25(12-14)19(28)17-13-26-10-2-8-22-20(26)24-17/h2,4-8,10,13-14H,1,3,9,11-12H2,(H,23,27). The highest BCUT2D eigenvalue weighted by atomic mass is 19.1. The van der Waals surface area contributed by atoms with Crippen LogP contribution in [0.4, 0.5) is 4.39 Å². The Balaban J connectivity index is 1.36. The molecule has 4 rings (SSSR count). The molecule has 7 nitrogen and oxygen atoms in total. The first-order chi connectivity index (χ1) is 13.6. The maximum absolute atomic E-state index is 13.0. The third-order valence-corrected chi connectivity index (χ3v) is 4.92. The summed E-state index contributed by atoms with van der Waals surface area (Å²) in [6.45, 7) is 1.69. The fourth-order valence-corrected chi connectivity index (χ4v) is 3.45. The normalized spacial score (nSPS) is 16.9. The van der Waals surface area contributed by atoms with Crippen molar-refractivity contribution in [2.45, 2.75) is 12.8 Å². The monoisotopic (exact) mass is 381 g/mol. The molecular formula is C20H20FN5O2. The van der Waals surface area contributed by atoms with Crippen molar-refractivity contribution < 1.29 is 14.0 Å². The van der Waals surface area contributed by atoms with Crippen LogP contribution in [-0.2, 0) is 0 Å². The Morgan fingerprint density at radius 1 is 1.25 bits per heavy atom. The number of hydrogen-bond acceptors (Lipinski definition) is 4. The summed E-state index contributed by atoms with van der Waals surface area (Å²) in [4.78, 5) is 35.2. The van der Waals surface area contributed by atoms with E-state index in [0.717, 1.165) is 12.8 Å². The maximum Gasteiger partial charge on any atom is 0.274 e. The SMILES string of the molecule is O=C(NCC1CCCN(C(=O)c2cn3cccnc3n2)C1)c1ccc(F)cc1. The molecule has 1 aliphatic heterocycles. The molecule has 1 atom stereocenters. The van der Waals surface area contributed by atoms with E-state index in [1.165, 1.54) is 24.3 Å². The van der Waals surface area contributed by atoms with Crippen molar-refractivity contribution in [3.63, 3.8) is 0 Å². The number of rotatable bonds is 4. The highest BCUT2D eigenvalue weighted by molar-refractivity contribution is 5.94. The molecule has 1 unspecified atom stereocenters. The molecule has 1 fully saturated rings. The van der Waals surface area contributed by atoms with Crippen molar-refractivity contribution in [1.82, 2.24) is 24.6 Å². The molecule has 1 aromatic carbocycles. The Hall–Kier alpha value is -3.29. The lowest BCUT2D eigenvalue weighted by Crippen LogP contribution is -2.43. The minimum Gasteiger partial charge on any atom is -0.352 e. The van der Waals surface area contributed by atoms with E-state index in [0.29, 0.717) is 36.7 Å². The second kappa shape index (κ2) is 7.75. The van der Waals surface area contributed by atoms with Crippen LogP contribution < -0.4 is 5.32 Å². The number of amides is 2. The fourth-order valence-electron chi connectivity index (χ4n) is 3.45. The smallest absolute Gasteiger partial charge is 0.274 e. The Labute approximate surface area is 161 Å². The number of carbonyl (C=O) groups is 2. The summed E-state index contributed by atoms with van der Waals surface area (Å²) in [5.41, 5.74) is 0.789. The Bertz CT molecular complexity index is 968. The largest absolute Gasteiger partial charge is 0.352 e. The van der Waals surface area contributed by atoms with Gasteiger partial charge in [0.15, 0.2) is 0 Å². The number of nitrogens with zero attached hydrogens (tertiary/aromatic N) is 4. The number of piperidine rings is 1. The van der Waals surface area contributed by atoms with Gasteiger partial charge in [-0.3, -0.25) is 14.0 Å². The minimum absolute atomic E-state index is 0.125. The topological polar surface area (TPSA) is 79.6 Å². The Kier molecular flexibility index (Phi) is 5.01. The molecule has 8 heteroatoms.